The van der Waals surface area contributed by atoms with Crippen LogP contribution in [-0.4, -0.2) is 63.2 Å². The van der Waals surface area contributed by atoms with Crippen molar-refractivity contribution in [3.8, 4) is 0 Å². The van der Waals surface area contributed by atoms with Crippen LogP contribution in [-0.2, 0) is 27.9 Å². The third-order valence-corrected chi connectivity index (χ3v) is 0. The summed E-state index contributed by atoms with van der Waals surface area (Å²) >= 11 is 2.50. The van der Waals surface area contributed by atoms with Crippen LogP contribution >= 0.6 is 0 Å². The largest absolute Gasteiger partial charge is 2.00 e. The molecule has 0 fully saturated rings. The molecule has 0 heterocycles. The quantitative estimate of drug-likeness (QED) is 0.407. The van der Waals surface area contributed by atoms with Crippen LogP contribution in [0.2, 0.25) is 0 Å². The van der Waals surface area contributed by atoms with Crippen molar-refractivity contribution in [3.05, 3.63) is 0 Å². The molecule has 0 atom stereocenters. The van der Waals surface area contributed by atoms with Crippen molar-refractivity contribution in [3.63, 3.8) is 0 Å². The first-order chi connectivity index (χ1) is 1.00. The Morgan fingerprint density at radius 3 is 1.00 bits per heavy atom. The average Bonchev–Trinajstić information content (AvgIpc) is 1.00. The summed E-state index contributed by atoms with van der Waals surface area (Å²) in [4.78, 5) is 0. The molecule has 0 aliphatic heterocycles. The maximum absolute atomic E-state index is 1.25. The molecule has 1 nitrogen and oxygen atoms in total. The van der Waals surface area contributed by atoms with Crippen LogP contribution in [0.5, 0.6) is 0 Å². The van der Waals surface area contributed by atoms with E-state index in [2.05, 4.69) is 0 Å². The molecular formula is AuK3O. The Hall–Kier alpha value is 5.61. The monoisotopic (exact) mass is 330 g/mol. The van der Waals surface area contributed by atoms with E-state index in [1.807, 2.05) is 0 Å². The Labute approximate surface area is 136 Å². The van der Waals surface area contributed by atoms with Crippen molar-refractivity contribution in [2.45, 2.75) is 0 Å². The van der Waals surface area contributed by atoms with E-state index in [0.717, 1.165) is 0 Å². The van der Waals surface area contributed by atoms with Gasteiger partial charge >= 0.3 is 137 Å². The van der Waals surface area contributed by atoms with Gasteiger partial charge in [-0.2, -0.15) is 0 Å². The molecule has 0 aromatic carbocycles. The minimum atomic E-state index is 0. The van der Waals surface area contributed by atoms with Gasteiger partial charge in [-0.3, -0.25) is 0 Å². The van der Waals surface area contributed by atoms with Gasteiger partial charge in [0, 0.05) is 0 Å². The fraction of sp³-hybridized carbons (Fsp3) is 0. The van der Waals surface area contributed by atoms with Crippen LogP contribution in [0.3, 0.4) is 0 Å². The summed E-state index contributed by atoms with van der Waals surface area (Å²) in [5.74, 6) is 0. The molecule has 20 valence electrons. The summed E-state index contributed by atoms with van der Waals surface area (Å²) in [6.07, 6.45) is 0. The fourth-order valence-electron chi connectivity index (χ4n) is 0. The number of rotatable bonds is 0. The SMILES string of the molecule is [Au+].[K+].[K][K].[O-2]. The predicted octanol–water partition coefficient (Wildman–Crippen LogP) is -3.88. The maximum Gasteiger partial charge on any atom is -2.00 e. The Morgan fingerprint density at radius 2 is 1.00 bits per heavy atom. The molecule has 0 saturated heterocycles. The van der Waals surface area contributed by atoms with Crippen molar-refractivity contribution in [2.75, 3.05) is 0 Å². The van der Waals surface area contributed by atoms with Crippen LogP contribution < -0.4 is 51.4 Å². The molecule has 0 unspecified atom stereocenters. The summed E-state index contributed by atoms with van der Waals surface area (Å²) < 4.78 is 0. The molecule has 0 aromatic rings. The molecular weight excluding hydrogens is 330 g/mol. The Kier molecular flexibility index (Phi) is 102. The summed E-state index contributed by atoms with van der Waals surface area (Å²) in [5.41, 5.74) is 0. The molecule has 0 N–H and O–H groups in total. The maximum atomic E-state index is 1.25. The molecule has 0 saturated carbocycles. The third-order valence-electron chi connectivity index (χ3n) is 0. The van der Waals surface area contributed by atoms with Crippen LogP contribution in [0.1, 0.15) is 0 Å². The summed E-state index contributed by atoms with van der Waals surface area (Å²) in [7, 11) is 0. The van der Waals surface area contributed by atoms with Crippen molar-refractivity contribution in [2.24, 2.45) is 0 Å². The van der Waals surface area contributed by atoms with E-state index in [-0.39, 0.29) is 79.2 Å². The second kappa shape index (κ2) is 22.6. The zero-order valence-corrected chi connectivity index (χ0v) is 15.2. The van der Waals surface area contributed by atoms with Crippen LogP contribution in [0.25, 0.3) is 0 Å². The van der Waals surface area contributed by atoms with Crippen molar-refractivity contribution < 1.29 is 79.2 Å². The number of hydrogen-bond donors (Lipinski definition) is 0. The molecule has 0 rings (SSSR count). The van der Waals surface area contributed by atoms with Crippen LogP contribution in [0, 0.1) is 0 Å². The predicted molar refractivity (Wildman–Crippen MR) is 12.2 cm³/mol. The topological polar surface area (TPSA) is 28.5 Å². The standard InChI is InChI=1S/Au.3K.O/q+1;;;+1;-2. The van der Waals surface area contributed by atoms with Crippen LogP contribution in [0.15, 0.2) is 0 Å². The summed E-state index contributed by atoms with van der Waals surface area (Å²) in [6.45, 7) is 0. The third kappa shape index (κ3) is 17.7. The van der Waals surface area contributed by atoms with Crippen LogP contribution in [0.4, 0.5) is 0 Å². The molecule has 0 bridgehead atoms. The van der Waals surface area contributed by atoms with Crippen molar-refractivity contribution in [1.29, 1.82) is 0 Å². The number of hydrogen-bond acceptors (Lipinski definition) is 0. The molecule has 0 aromatic heterocycles. The zero-order chi connectivity index (χ0) is 2.00. The average molecular weight is 330 g/mol. The van der Waals surface area contributed by atoms with Crippen molar-refractivity contribution >= 4 is 63.2 Å². The van der Waals surface area contributed by atoms with Gasteiger partial charge in [0.25, 0.3) is 0 Å². The van der Waals surface area contributed by atoms with E-state index >= 15 is 0 Å². The van der Waals surface area contributed by atoms with E-state index in [9.17, 15) is 0 Å². The van der Waals surface area contributed by atoms with E-state index in [4.69, 9.17) is 0 Å². The zero-order valence-electron chi connectivity index (χ0n) is 3.71. The molecule has 0 amide bonds. The summed E-state index contributed by atoms with van der Waals surface area (Å²) in [5, 5.41) is 0. The molecule has 0 radical (unpaired) electrons. The van der Waals surface area contributed by atoms with Gasteiger partial charge in [-0.25, -0.2) is 0 Å². The second-order valence-electron chi connectivity index (χ2n) is 0. The van der Waals surface area contributed by atoms with Gasteiger partial charge in [-0.1, -0.05) is 0 Å². The Balaban J connectivity index is -0.00000000167. The van der Waals surface area contributed by atoms with Gasteiger partial charge in [0.2, 0.25) is 0 Å². The van der Waals surface area contributed by atoms with Gasteiger partial charge in [0.15, 0.2) is 0 Å². The minimum absolute atomic E-state index is 0. The van der Waals surface area contributed by atoms with E-state index in [0.29, 0.717) is 0 Å². The Bertz CT molecular complexity index is 6.85. The second-order valence-corrected chi connectivity index (χ2v) is 0. The van der Waals surface area contributed by atoms with E-state index < -0.39 is 0 Å². The Morgan fingerprint density at radius 1 is 1.00 bits per heavy atom. The molecule has 5 heavy (non-hydrogen) atoms. The smallest absolute Gasteiger partial charge is 2.00 e. The van der Waals surface area contributed by atoms with Crippen molar-refractivity contribution in [1.82, 2.24) is 0 Å². The molecule has 5 heteroatoms. The van der Waals surface area contributed by atoms with Gasteiger partial charge < -0.3 is 5.48 Å². The van der Waals surface area contributed by atoms with Gasteiger partial charge in [0.1, 0.15) is 0 Å². The first-order valence-electron chi connectivity index (χ1n) is 1.00. The first-order valence-corrected chi connectivity index (χ1v) is 17.0. The van der Waals surface area contributed by atoms with Gasteiger partial charge in [0.05, 0.1) is 0 Å². The minimum Gasteiger partial charge on any atom is -2.00 e. The van der Waals surface area contributed by atoms with E-state index in [1.54, 1.807) is 0 Å². The molecule has 0 spiro atoms. The molecule has 0 aliphatic carbocycles. The fourth-order valence-corrected chi connectivity index (χ4v) is 0. The van der Waals surface area contributed by atoms with E-state index in [1.165, 1.54) is 63.2 Å². The normalized spacial score (nSPS) is 1.60. The molecule has 0 aliphatic rings. The summed E-state index contributed by atoms with van der Waals surface area (Å²) in [6, 6.07) is 0. The van der Waals surface area contributed by atoms with Gasteiger partial charge in [-0.15, -0.1) is 0 Å². The van der Waals surface area contributed by atoms with Gasteiger partial charge in [-0.05, 0) is 0 Å². The first kappa shape index (κ1) is 22.4.